The molecule has 0 radical (unpaired) electrons. The minimum Gasteiger partial charge on any atom is -0.445 e. The molecule has 0 heterocycles. The van der Waals surface area contributed by atoms with Crippen molar-refractivity contribution in [2.75, 3.05) is 6.54 Å². The molecule has 1 aromatic carbocycles. The summed E-state index contributed by atoms with van der Waals surface area (Å²) in [5.41, 5.74) is 6.19. The molecule has 9 nitrogen and oxygen atoms in total. The molecule has 0 aromatic heterocycles. The number of aliphatic hydroxyl groups excluding tert-OH is 1. The Bertz CT molecular complexity index is 724. The highest BCUT2D eigenvalue weighted by molar-refractivity contribution is 5.88. The van der Waals surface area contributed by atoms with Crippen LogP contribution in [0.1, 0.15) is 37.7 Å². The molecule has 0 aliphatic heterocycles. The van der Waals surface area contributed by atoms with Gasteiger partial charge in [-0.05, 0) is 24.3 Å². The van der Waals surface area contributed by atoms with Gasteiger partial charge in [0.2, 0.25) is 11.8 Å². The molecule has 29 heavy (non-hydrogen) atoms. The fourth-order valence-corrected chi connectivity index (χ4v) is 3.26. The number of carbonyl (C=O) groups is 4. The molecule has 1 aromatic rings. The van der Waals surface area contributed by atoms with E-state index in [-0.39, 0.29) is 37.7 Å². The van der Waals surface area contributed by atoms with E-state index in [0.717, 1.165) is 5.56 Å². The minimum atomic E-state index is -1.17. The van der Waals surface area contributed by atoms with Crippen LogP contribution in [0.25, 0.3) is 0 Å². The zero-order valence-corrected chi connectivity index (χ0v) is 16.1. The molecule has 158 valence electrons. The molecule has 2 rings (SSSR count). The van der Waals surface area contributed by atoms with E-state index in [1.54, 1.807) is 0 Å². The maximum atomic E-state index is 12.1. The van der Waals surface area contributed by atoms with Crippen molar-refractivity contribution < 1.29 is 29.0 Å². The summed E-state index contributed by atoms with van der Waals surface area (Å²) in [6, 6.07) is 8.15. The quantitative estimate of drug-likeness (QED) is 0.467. The normalized spacial score (nSPS) is 18.4. The first-order valence-electron chi connectivity index (χ1n) is 9.58. The van der Waals surface area contributed by atoms with Gasteiger partial charge >= 0.3 is 6.09 Å². The van der Waals surface area contributed by atoms with Crippen LogP contribution in [0.5, 0.6) is 0 Å². The van der Waals surface area contributed by atoms with Gasteiger partial charge in [0.05, 0.1) is 12.5 Å². The number of amides is 3. The number of nitrogens with two attached hydrogens (primary N) is 1. The molecule has 1 aliphatic rings. The molecule has 9 heteroatoms. The Kier molecular flexibility index (Phi) is 8.60. The molecule has 0 spiro atoms. The van der Waals surface area contributed by atoms with Crippen molar-refractivity contribution >= 4 is 23.7 Å². The van der Waals surface area contributed by atoms with Crippen LogP contribution in [0, 0.1) is 5.92 Å². The van der Waals surface area contributed by atoms with Crippen molar-refractivity contribution in [3.8, 4) is 0 Å². The lowest BCUT2D eigenvalue weighted by Gasteiger charge is -2.28. The van der Waals surface area contributed by atoms with E-state index in [9.17, 15) is 24.3 Å². The van der Waals surface area contributed by atoms with Crippen molar-refractivity contribution in [2.24, 2.45) is 11.7 Å². The lowest BCUT2D eigenvalue weighted by atomic mass is 9.83. The summed E-state index contributed by atoms with van der Waals surface area (Å²) in [4.78, 5) is 47.1. The van der Waals surface area contributed by atoms with E-state index in [1.807, 2.05) is 30.3 Å². The van der Waals surface area contributed by atoms with Gasteiger partial charge in [-0.15, -0.1) is 0 Å². The van der Waals surface area contributed by atoms with Gasteiger partial charge in [0, 0.05) is 19.4 Å². The topological polar surface area (TPSA) is 148 Å². The first-order valence-corrected chi connectivity index (χ1v) is 9.58. The lowest BCUT2D eigenvalue weighted by molar-refractivity contribution is -0.131. The average Bonchev–Trinajstić information content (AvgIpc) is 2.69. The third-order valence-corrected chi connectivity index (χ3v) is 4.73. The number of ketones is 1. The summed E-state index contributed by atoms with van der Waals surface area (Å²) >= 11 is 0. The van der Waals surface area contributed by atoms with Crippen molar-refractivity contribution in [2.45, 2.75) is 50.9 Å². The third kappa shape index (κ3) is 7.90. The number of carbonyl (C=O) groups excluding carboxylic acids is 4. The van der Waals surface area contributed by atoms with Crippen LogP contribution in [0.3, 0.4) is 0 Å². The van der Waals surface area contributed by atoms with Crippen LogP contribution in [0.15, 0.2) is 30.3 Å². The number of Topliss-reactive ketones (excluding diaryl/α,β-unsaturated/α-hetero) is 1. The number of alkyl carbamates (subject to hydrolysis) is 1. The first-order chi connectivity index (χ1) is 13.8. The number of hydrogen-bond acceptors (Lipinski definition) is 6. The molecule has 0 saturated heterocycles. The highest BCUT2D eigenvalue weighted by Gasteiger charge is 2.32. The summed E-state index contributed by atoms with van der Waals surface area (Å²) in [6.45, 7) is -0.103. The van der Waals surface area contributed by atoms with E-state index in [2.05, 4.69) is 10.6 Å². The van der Waals surface area contributed by atoms with Crippen molar-refractivity contribution in [1.82, 2.24) is 10.6 Å². The monoisotopic (exact) mass is 405 g/mol. The van der Waals surface area contributed by atoms with Crippen LogP contribution in [0.4, 0.5) is 4.79 Å². The Morgan fingerprint density at radius 2 is 1.97 bits per heavy atom. The summed E-state index contributed by atoms with van der Waals surface area (Å²) in [6.07, 6.45) is -0.266. The van der Waals surface area contributed by atoms with E-state index in [4.69, 9.17) is 10.5 Å². The number of primary amides is 1. The van der Waals surface area contributed by atoms with Gasteiger partial charge in [0.25, 0.3) is 0 Å². The largest absolute Gasteiger partial charge is 0.445 e. The molecule has 1 aliphatic carbocycles. The number of nitrogens with one attached hydrogen (secondary N) is 2. The zero-order valence-electron chi connectivity index (χ0n) is 16.1. The molecule has 0 bridgehead atoms. The Morgan fingerprint density at radius 1 is 1.24 bits per heavy atom. The van der Waals surface area contributed by atoms with E-state index in [0.29, 0.717) is 19.3 Å². The van der Waals surface area contributed by atoms with Crippen LogP contribution in [-0.2, 0) is 25.7 Å². The smallest absolute Gasteiger partial charge is 0.407 e. The standard InChI is InChI=1S/C20H27N3O6/c21-19(27)18(14-7-4-8-15(24)9-14)23-17(26)10-16(25)11-22-20(28)29-12-13-5-2-1-3-6-13/h1-3,5-6,14,16,18,25H,4,7-12H2,(H2,21,27)(H,22,28)(H,23,26)/t14-,16+,18-/m1/s1. The number of benzene rings is 1. The molecule has 1 fully saturated rings. The predicted octanol–water partition coefficient (Wildman–Crippen LogP) is 0.393. The van der Waals surface area contributed by atoms with E-state index < -0.39 is 30.1 Å². The fourth-order valence-electron chi connectivity index (χ4n) is 3.26. The maximum absolute atomic E-state index is 12.1. The van der Waals surface area contributed by atoms with E-state index in [1.165, 1.54) is 0 Å². The number of rotatable bonds is 9. The van der Waals surface area contributed by atoms with Crippen LogP contribution >= 0.6 is 0 Å². The fraction of sp³-hybridized carbons (Fsp3) is 0.500. The van der Waals surface area contributed by atoms with Crippen molar-refractivity contribution in [3.63, 3.8) is 0 Å². The van der Waals surface area contributed by atoms with Crippen LogP contribution < -0.4 is 16.4 Å². The van der Waals surface area contributed by atoms with E-state index >= 15 is 0 Å². The summed E-state index contributed by atoms with van der Waals surface area (Å²) in [5, 5.41) is 14.8. The third-order valence-electron chi connectivity index (χ3n) is 4.73. The molecule has 3 amide bonds. The first kappa shape index (κ1) is 22.4. The van der Waals surface area contributed by atoms with Crippen LogP contribution in [-0.4, -0.2) is 47.5 Å². The predicted molar refractivity (Wildman–Crippen MR) is 103 cm³/mol. The van der Waals surface area contributed by atoms with Gasteiger partial charge in [-0.25, -0.2) is 4.79 Å². The summed E-state index contributed by atoms with van der Waals surface area (Å²) in [7, 11) is 0. The Hall–Kier alpha value is -2.94. The second kappa shape index (κ2) is 11.2. The minimum absolute atomic E-state index is 0.0417. The Labute approximate surface area is 169 Å². The Balaban J connectivity index is 1.72. The summed E-state index contributed by atoms with van der Waals surface area (Å²) in [5.74, 6) is -1.59. The molecule has 3 atom stereocenters. The zero-order chi connectivity index (χ0) is 21.2. The second-order valence-electron chi connectivity index (χ2n) is 7.14. The average molecular weight is 405 g/mol. The summed E-state index contributed by atoms with van der Waals surface area (Å²) < 4.78 is 5.01. The van der Waals surface area contributed by atoms with Gasteiger partial charge < -0.3 is 26.2 Å². The van der Waals surface area contributed by atoms with Gasteiger partial charge in [-0.1, -0.05) is 30.3 Å². The van der Waals surface area contributed by atoms with Gasteiger partial charge in [0.1, 0.15) is 18.4 Å². The highest BCUT2D eigenvalue weighted by Crippen LogP contribution is 2.24. The molecule has 5 N–H and O–H groups in total. The van der Waals surface area contributed by atoms with Gasteiger partial charge in [0.15, 0.2) is 0 Å². The van der Waals surface area contributed by atoms with Crippen molar-refractivity contribution in [1.29, 1.82) is 0 Å². The van der Waals surface area contributed by atoms with Gasteiger partial charge in [-0.2, -0.15) is 0 Å². The number of ether oxygens (including phenoxy) is 1. The van der Waals surface area contributed by atoms with Gasteiger partial charge in [-0.3, -0.25) is 14.4 Å². The van der Waals surface area contributed by atoms with Crippen molar-refractivity contribution in [3.05, 3.63) is 35.9 Å². The highest BCUT2D eigenvalue weighted by atomic mass is 16.5. The molecule has 0 unspecified atom stereocenters. The van der Waals surface area contributed by atoms with Crippen LogP contribution in [0.2, 0.25) is 0 Å². The number of hydrogen-bond donors (Lipinski definition) is 4. The number of aliphatic hydroxyl groups is 1. The lowest BCUT2D eigenvalue weighted by Crippen LogP contribution is -2.51. The Morgan fingerprint density at radius 3 is 2.62 bits per heavy atom. The molecular formula is C20H27N3O6. The maximum Gasteiger partial charge on any atom is 0.407 e. The second-order valence-corrected chi connectivity index (χ2v) is 7.14. The SMILES string of the molecule is NC(=O)[C@H](NC(=O)C[C@H](O)CNC(=O)OCc1ccccc1)[C@@H]1CCCC(=O)C1. The molecule has 1 saturated carbocycles. The molecular weight excluding hydrogens is 378 g/mol.